The Balaban J connectivity index is 2.26. The standard InChI is InChI=1S/C9H16N4O3S/c1-16-9-6-8(11-7-12-9)10-4-3-5-13-17(2,14)15/h6-7,13H,3-5H2,1-2H3,(H,10,11,12). The molecule has 2 N–H and O–H groups in total. The Labute approximate surface area is 101 Å². The fourth-order valence-corrected chi connectivity index (χ4v) is 1.63. The Morgan fingerprint density at radius 1 is 1.35 bits per heavy atom. The Morgan fingerprint density at radius 2 is 2.12 bits per heavy atom. The van der Waals surface area contributed by atoms with E-state index in [0.717, 1.165) is 6.26 Å². The van der Waals surface area contributed by atoms with Crippen LogP contribution in [-0.4, -0.2) is 44.8 Å². The lowest BCUT2D eigenvalue weighted by atomic mass is 10.4. The van der Waals surface area contributed by atoms with Gasteiger partial charge in [0.1, 0.15) is 12.1 Å². The van der Waals surface area contributed by atoms with Crippen molar-refractivity contribution in [3.63, 3.8) is 0 Å². The van der Waals surface area contributed by atoms with E-state index in [2.05, 4.69) is 20.0 Å². The van der Waals surface area contributed by atoms with Gasteiger partial charge >= 0.3 is 0 Å². The van der Waals surface area contributed by atoms with E-state index < -0.39 is 10.0 Å². The van der Waals surface area contributed by atoms with Crippen LogP contribution < -0.4 is 14.8 Å². The highest BCUT2D eigenvalue weighted by atomic mass is 32.2. The minimum atomic E-state index is -3.10. The van der Waals surface area contributed by atoms with Gasteiger partial charge < -0.3 is 10.1 Å². The molecule has 0 bridgehead atoms. The van der Waals surface area contributed by atoms with Crippen LogP contribution in [0, 0.1) is 0 Å². The summed E-state index contributed by atoms with van der Waals surface area (Å²) in [4.78, 5) is 7.86. The highest BCUT2D eigenvalue weighted by Gasteiger charge is 2.00. The van der Waals surface area contributed by atoms with Crippen molar-refractivity contribution < 1.29 is 13.2 Å². The number of hydrogen-bond donors (Lipinski definition) is 2. The molecule has 0 atom stereocenters. The predicted molar refractivity (Wildman–Crippen MR) is 64.5 cm³/mol. The van der Waals surface area contributed by atoms with Crippen LogP contribution in [0.5, 0.6) is 5.88 Å². The molecule has 0 fully saturated rings. The Hall–Kier alpha value is -1.41. The van der Waals surface area contributed by atoms with Crippen LogP contribution >= 0.6 is 0 Å². The molecule has 0 saturated heterocycles. The zero-order valence-corrected chi connectivity index (χ0v) is 10.6. The monoisotopic (exact) mass is 260 g/mol. The van der Waals surface area contributed by atoms with E-state index in [1.54, 1.807) is 6.07 Å². The number of methoxy groups -OCH3 is 1. The second-order valence-electron chi connectivity index (χ2n) is 3.39. The molecule has 17 heavy (non-hydrogen) atoms. The van der Waals surface area contributed by atoms with Crippen molar-refractivity contribution in [3.8, 4) is 5.88 Å². The SMILES string of the molecule is COc1cc(NCCCNS(C)(=O)=O)ncn1. The smallest absolute Gasteiger partial charge is 0.218 e. The summed E-state index contributed by atoms with van der Waals surface area (Å²) < 4.78 is 28.9. The van der Waals surface area contributed by atoms with Gasteiger partial charge in [0.2, 0.25) is 15.9 Å². The molecule has 0 spiro atoms. The van der Waals surface area contributed by atoms with Crippen LogP contribution in [0.25, 0.3) is 0 Å². The summed E-state index contributed by atoms with van der Waals surface area (Å²) in [5.74, 6) is 1.13. The zero-order chi connectivity index (χ0) is 12.7. The Bertz CT molecular complexity index is 449. The van der Waals surface area contributed by atoms with E-state index in [9.17, 15) is 8.42 Å². The summed E-state index contributed by atoms with van der Waals surface area (Å²) in [6, 6.07) is 1.67. The number of nitrogens with zero attached hydrogens (tertiary/aromatic N) is 2. The molecule has 0 saturated carbocycles. The average molecular weight is 260 g/mol. The van der Waals surface area contributed by atoms with Crippen molar-refractivity contribution in [3.05, 3.63) is 12.4 Å². The van der Waals surface area contributed by atoms with Crippen LogP contribution in [0.3, 0.4) is 0 Å². The third-order valence-corrected chi connectivity index (χ3v) is 2.60. The molecule has 96 valence electrons. The number of hydrogen-bond acceptors (Lipinski definition) is 6. The van der Waals surface area contributed by atoms with Gasteiger partial charge in [-0.1, -0.05) is 0 Å². The van der Waals surface area contributed by atoms with E-state index in [1.807, 2.05) is 0 Å². The highest BCUT2D eigenvalue weighted by molar-refractivity contribution is 7.88. The summed E-state index contributed by atoms with van der Waals surface area (Å²) in [5, 5.41) is 3.04. The van der Waals surface area contributed by atoms with Gasteiger partial charge in [0.15, 0.2) is 0 Å². The molecule has 0 amide bonds. The van der Waals surface area contributed by atoms with Crippen molar-refractivity contribution in [2.75, 3.05) is 31.8 Å². The lowest BCUT2D eigenvalue weighted by molar-refractivity contribution is 0.397. The molecule has 0 aliphatic carbocycles. The van der Waals surface area contributed by atoms with Crippen LogP contribution in [0.2, 0.25) is 0 Å². The minimum Gasteiger partial charge on any atom is -0.481 e. The van der Waals surface area contributed by atoms with Crippen LogP contribution in [0.15, 0.2) is 12.4 Å². The van der Waals surface area contributed by atoms with E-state index >= 15 is 0 Å². The Kier molecular flexibility index (Phi) is 5.11. The quantitative estimate of drug-likeness (QED) is 0.661. The van der Waals surface area contributed by atoms with Crippen molar-refractivity contribution in [1.82, 2.24) is 14.7 Å². The van der Waals surface area contributed by atoms with E-state index in [4.69, 9.17) is 4.74 Å². The molecule has 0 aromatic carbocycles. The van der Waals surface area contributed by atoms with Gasteiger partial charge in [-0.05, 0) is 6.42 Å². The fourth-order valence-electron chi connectivity index (χ4n) is 1.11. The second-order valence-corrected chi connectivity index (χ2v) is 5.23. The number of nitrogens with one attached hydrogen (secondary N) is 2. The summed E-state index contributed by atoms with van der Waals surface area (Å²) in [6.07, 6.45) is 3.20. The largest absolute Gasteiger partial charge is 0.481 e. The van der Waals surface area contributed by atoms with Gasteiger partial charge in [-0.15, -0.1) is 0 Å². The van der Waals surface area contributed by atoms with Crippen molar-refractivity contribution in [2.45, 2.75) is 6.42 Å². The van der Waals surface area contributed by atoms with Crippen LogP contribution in [0.1, 0.15) is 6.42 Å². The van der Waals surface area contributed by atoms with Crippen LogP contribution in [-0.2, 0) is 10.0 Å². The molecule has 1 aromatic rings. The summed E-state index contributed by atoms with van der Waals surface area (Å²) in [6.45, 7) is 1.01. The molecule has 1 heterocycles. The molecule has 1 aromatic heterocycles. The maximum Gasteiger partial charge on any atom is 0.218 e. The third-order valence-electron chi connectivity index (χ3n) is 1.88. The van der Waals surface area contributed by atoms with Crippen molar-refractivity contribution in [2.24, 2.45) is 0 Å². The van der Waals surface area contributed by atoms with E-state index in [0.29, 0.717) is 31.2 Å². The maximum absolute atomic E-state index is 10.8. The molecule has 7 nitrogen and oxygen atoms in total. The molecule has 0 aliphatic rings. The van der Waals surface area contributed by atoms with Gasteiger partial charge in [0.25, 0.3) is 0 Å². The summed E-state index contributed by atoms with van der Waals surface area (Å²) >= 11 is 0. The maximum atomic E-state index is 10.8. The summed E-state index contributed by atoms with van der Waals surface area (Å²) in [5.41, 5.74) is 0. The molecular formula is C9H16N4O3S. The number of ether oxygens (including phenoxy) is 1. The molecule has 8 heteroatoms. The van der Waals surface area contributed by atoms with E-state index in [-0.39, 0.29) is 0 Å². The topological polar surface area (TPSA) is 93.2 Å². The molecule has 0 aliphatic heterocycles. The lowest BCUT2D eigenvalue weighted by Crippen LogP contribution is -2.24. The lowest BCUT2D eigenvalue weighted by Gasteiger charge is -2.06. The van der Waals surface area contributed by atoms with Gasteiger partial charge in [-0.3, -0.25) is 0 Å². The van der Waals surface area contributed by atoms with Crippen molar-refractivity contribution in [1.29, 1.82) is 0 Å². The first kappa shape index (κ1) is 13.7. The van der Waals surface area contributed by atoms with Crippen molar-refractivity contribution >= 4 is 15.8 Å². The number of sulfonamides is 1. The summed E-state index contributed by atoms with van der Waals surface area (Å²) in [7, 11) is -1.57. The van der Waals surface area contributed by atoms with E-state index in [1.165, 1.54) is 13.4 Å². The Morgan fingerprint density at radius 3 is 2.76 bits per heavy atom. The van der Waals surface area contributed by atoms with Crippen LogP contribution in [0.4, 0.5) is 5.82 Å². The zero-order valence-electron chi connectivity index (χ0n) is 9.80. The molecule has 0 unspecified atom stereocenters. The van der Waals surface area contributed by atoms with Gasteiger partial charge in [0.05, 0.1) is 13.4 Å². The first-order chi connectivity index (χ1) is 8.01. The van der Waals surface area contributed by atoms with Gasteiger partial charge in [-0.2, -0.15) is 0 Å². The predicted octanol–water partition coefficient (Wildman–Crippen LogP) is -0.164. The first-order valence-corrected chi connectivity index (χ1v) is 6.95. The average Bonchev–Trinajstić information content (AvgIpc) is 2.27. The fraction of sp³-hybridized carbons (Fsp3) is 0.556. The minimum absolute atomic E-state index is 0.397. The number of anilines is 1. The van der Waals surface area contributed by atoms with Gasteiger partial charge in [0, 0.05) is 19.2 Å². The second kappa shape index (κ2) is 6.36. The molecule has 0 radical (unpaired) electrons. The highest BCUT2D eigenvalue weighted by Crippen LogP contribution is 2.09. The number of rotatable bonds is 7. The molecular weight excluding hydrogens is 244 g/mol. The molecule has 1 rings (SSSR count). The normalized spacial score (nSPS) is 11.2. The first-order valence-electron chi connectivity index (χ1n) is 5.06. The number of aromatic nitrogens is 2. The van der Waals surface area contributed by atoms with Gasteiger partial charge in [-0.25, -0.2) is 23.1 Å². The third kappa shape index (κ3) is 6.03.